The van der Waals surface area contributed by atoms with Crippen molar-refractivity contribution in [1.82, 2.24) is 9.62 Å². The normalized spacial score (nSPS) is 19.1. The van der Waals surface area contributed by atoms with E-state index in [0.717, 1.165) is 19.4 Å². The standard InChI is InChI=1S/C25H32N2O5S/c1-31-23-13-15-24(16-14-23)33(29,30)26-21-17-22(11-7-4-8-12-25(28)32-2)27(19-21)18-20-9-5-3-6-10-20/h3,5-7,9-11,13-16,21-22,26H,4,8,12,17-19H2,1-2H3/t21-,22-/m1/s1. The SMILES string of the molecule is COC(=O)CCCC=C[C@@H]1C[C@@H](NS(=O)(=O)c2ccc(OC)cc2)CN1Cc1ccccc1. The maximum Gasteiger partial charge on any atom is 0.305 e. The number of hydrogen-bond acceptors (Lipinski definition) is 6. The first-order valence-corrected chi connectivity index (χ1v) is 12.6. The zero-order valence-electron chi connectivity index (χ0n) is 19.1. The van der Waals surface area contributed by atoms with Gasteiger partial charge in [0.2, 0.25) is 10.0 Å². The van der Waals surface area contributed by atoms with E-state index in [4.69, 9.17) is 4.74 Å². The van der Waals surface area contributed by atoms with E-state index in [2.05, 4.69) is 38.6 Å². The van der Waals surface area contributed by atoms with Gasteiger partial charge in [-0.15, -0.1) is 0 Å². The van der Waals surface area contributed by atoms with Crippen molar-refractivity contribution >= 4 is 16.0 Å². The third-order valence-corrected chi connectivity index (χ3v) is 7.24. The van der Waals surface area contributed by atoms with Crippen molar-refractivity contribution in [3.05, 3.63) is 72.3 Å². The van der Waals surface area contributed by atoms with Gasteiger partial charge in [0.15, 0.2) is 0 Å². The maximum atomic E-state index is 12.9. The number of benzene rings is 2. The van der Waals surface area contributed by atoms with Crippen molar-refractivity contribution < 1.29 is 22.7 Å². The molecule has 0 aromatic heterocycles. The molecule has 2 aromatic carbocycles. The topological polar surface area (TPSA) is 84.9 Å². The minimum absolute atomic E-state index is 0.104. The van der Waals surface area contributed by atoms with Gasteiger partial charge < -0.3 is 9.47 Å². The molecule has 33 heavy (non-hydrogen) atoms. The van der Waals surface area contributed by atoms with Crippen molar-refractivity contribution in [3.63, 3.8) is 0 Å². The van der Waals surface area contributed by atoms with Gasteiger partial charge in [0.25, 0.3) is 0 Å². The summed E-state index contributed by atoms with van der Waals surface area (Å²) in [4.78, 5) is 13.8. The van der Waals surface area contributed by atoms with Crippen LogP contribution in [0, 0.1) is 0 Å². The molecule has 0 amide bonds. The zero-order valence-corrected chi connectivity index (χ0v) is 20.0. The lowest BCUT2D eigenvalue weighted by molar-refractivity contribution is -0.140. The van der Waals surface area contributed by atoms with Crippen molar-refractivity contribution in [2.45, 2.75) is 49.2 Å². The van der Waals surface area contributed by atoms with Crippen LogP contribution in [0.2, 0.25) is 0 Å². The van der Waals surface area contributed by atoms with E-state index in [9.17, 15) is 13.2 Å². The molecule has 1 saturated heterocycles. The number of carbonyl (C=O) groups excluding carboxylic acids is 1. The van der Waals surface area contributed by atoms with Gasteiger partial charge in [-0.3, -0.25) is 9.69 Å². The molecule has 1 N–H and O–H groups in total. The highest BCUT2D eigenvalue weighted by molar-refractivity contribution is 7.89. The molecule has 0 unspecified atom stereocenters. The van der Waals surface area contributed by atoms with Gasteiger partial charge in [-0.1, -0.05) is 42.5 Å². The number of likely N-dealkylation sites (tertiary alicyclic amines) is 1. The highest BCUT2D eigenvalue weighted by atomic mass is 32.2. The Morgan fingerprint density at radius 2 is 1.85 bits per heavy atom. The van der Waals surface area contributed by atoms with Gasteiger partial charge in [0, 0.05) is 31.6 Å². The van der Waals surface area contributed by atoms with E-state index in [1.807, 2.05) is 18.2 Å². The highest BCUT2D eigenvalue weighted by Gasteiger charge is 2.33. The van der Waals surface area contributed by atoms with Crippen LogP contribution in [0.5, 0.6) is 5.75 Å². The average Bonchev–Trinajstić information content (AvgIpc) is 3.19. The molecule has 178 valence electrons. The Kier molecular flexibility index (Phi) is 9.05. The highest BCUT2D eigenvalue weighted by Crippen LogP contribution is 2.24. The van der Waals surface area contributed by atoms with Crippen LogP contribution in [0.1, 0.15) is 31.2 Å². The van der Waals surface area contributed by atoms with Gasteiger partial charge >= 0.3 is 5.97 Å². The van der Waals surface area contributed by atoms with Crippen LogP contribution in [-0.4, -0.2) is 52.1 Å². The van der Waals surface area contributed by atoms with E-state index in [1.54, 1.807) is 31.4 Å². The van der Waals surface area contributed by atoms with Crippen molar-refractivity contribution in [2.24, 2.45) is 0 Å². The predicted octanol–water partition coefficient (Wildman–Crippen LogP) is 3.52. The fraction of sp³-hybridized carbons (Fsp3) is 0.400. The summed E-state index contributed by atoms with van der Waals surface area (Å²) in [5.41, 5.74) is 1.18. The van der Waals surface area contributed by atoms with Crippen LogP contribution in [0.15, 0.2) is 71.6 Å². The monoisotopic (exact) mass is 472 g/mol. The molecule has 1 aliphatic rings. The summed E-state index contributed by atoms with van der Waals surface area (Å²) in [5, 5.41) is 0. The number of hydrogen-bond donors (Lipinski definition) is 1. The van der Waals surface area contributed by atoms with Crippen LogP contribution in [0.3, 0.4) is 0 Å². The van der Waals surface area contributed by atoms with Crippen LogP contribution >= 0.6 is 0 Å². The van der Waals surface area contributed by atoms with Gasteiger partial charge in [-0.25, -0.2) is 13.1 Å². The number of nitrogens with zero attached hydrogens (tertiary/aromatic N) is 1. The third-order valence-electron chi connectivity index (χ3n) is 5.71. The number of sulfonamides is 1. The second-order valence-corrected chi connectivity index (χ2v) is 9.82. The minimum atomic E-state index is -3.64. The van der Waals surface area contributed by atoms with Crippen molar-refractivity contribution in [1.29, 1.82) is 0 Å². The molecule has 0 bridgehead atoms. The molecule has 0 spiro atoms. The largest absolute Gasteiger partial charge is 0.497 e. The summed E-state index contributed by atoms with van der Waals surface area (Å²) in [6.07, 6.45) is 6.77. The predicted molar refractivity (Wildman–Crippen MR) is 127 cm³/mol. The zero-order chi connectivity index (χ0) is 23.7. The van der Waals surface area contributed by atoms with E-state index in [-0.39, 0.29) is 22.9 Å². The Bertz CT molecular complexity index is 1020. The lowest BCUT2D eigenvalue weighted by atomic mass is 10.1. The Hall–Kier alpha value is -2.68. The number of nitrogens with one attached hydrogen (secondary N) is 1. The second-order valence-electron chi connectivity index (χ2n) is 8.11. The molecular formula is C25H32N2O5S. The van der Waals surface area contributed by atoms with Gasteiger partial charge in [0.05, 0.1) is 19.1 Å². The first-order valence-electron chi connectivity index (χ1n) is 11.1. The molecule has 1 aliphatic heterocycles. The molecular weight excluding hydrogens is 440 g/mol. The fourth-order valence-electron chi connectivity index (χ4n) is 3.98. The first-order chi connectivity index (χ1) is 15.9. The summed E-state index contributed by atoms with van der Waals surface area (Å²) in [7, 11) is -0.697. The Morgan fingerprint density at radius 1 is 1.12 bits per heavy atom. The first kappa shape index (κ1) is 25.0. The number of methoxy groups -OCH3 is 2. The Labute approximate surface area is 196 Å². The molecule has 7 nitrogen and oxygen atoms in total. The van der Waals surface area contributed by atoms with E-state index in [0.29, 0.717) is 25.1 Å². The maximum absolute atomic E-state index is 12.9. The minimum Gasteiger partial charge on any atom is -0.497 e. The quantitative estimate of drug-likeness (QED) is 0.306. The molecule has 0 aliphatic carbocycles. The van der Waals surface area contributed by atoms with E-state index < -0.39 is 10.0 Å². The van der Waals surface area contributed by atoms with Crippen LogP contribution in [-0.2, 0) is 26.1 Å². The molecule has 3 rings (SSSR count). The molecule has 2 atom stereocenters. The van der Waals surface area contributed by atoms with Crippen molar-refractivity contribution in [2.75, 3.05) is 20.8 Å². The summed E-state index contributed by atoms with van der Waals surface area (Å²) < 4.78 is 38.5. The smallest absolute Gasteiger partial charge is 0.305 e. The number of rotatable bonds is 11. The lowest BCUT2D eigenvalue weighted by Gasteiger charge is -2.22. The molecule has 0 radical (unpaired) electrons. The number of unbranched alkanes of at least 4 members (excludes halogenated alkanes) is 1. The average molecular weight is 473 g/mol. The number of carbonyl (C=O) groups is 1. The molecule has 2 aromatic rings. The second kappa shape index (κ2) is 12.0. The van der Waals surface area contributed by atoms with Crippen LogP contribution < -0.4 is 9.46 Å². The summed E-state index contributed by atoms with van der Waals surface area (Å²) >= 11 is 0. The summed E-state index contributed by atoms with van der Waals surface area (Å²) in [5.74, 6) is 0.407. The van der Waals surface area contributed by atoms with Gasteiger partial charge in [-0.2, -0.15) is 0 Å². The molecule has 8 heteroatoms. The fourth-order valence-corrected chi connectivity index (χ4v) is 5.22. The van der Waals surface area contributed by atoms with Crippen LogP contribution in [0.4, 0.5) is 0 Å². The third kappa shape index (κ3) is 7.42. The number of esters is 1. The van der Waals surface area contributed by atoms with Gasteiger partial charge in [-0.05, 0) is 49.1 Å². The van der Waals surface area contributed by atoms with Crippen molar-refractivity contribution in [3.8, 4) is 5.75 Å². The number of allylic oxidation sites excluding steroid dienone is 1. The van der Waals surface area contributed by atoms with E-state index in [1.165, 1.54) is 12.7 Å². The number of ether oxygens (including phenoxy) is 2. The lowest BCUT2D eigenvalue weighted by Crippen LogP contribution is -2.37. The summed E-state index contributed by atoms with van der Waals surface area (Å²) in [6.45, 7) is 1.35. The molecule has 1 fully saturated rings. The molecule has 1 heterocycles. The van der Waals surface area contributed by atoms with Gasteiger partial charge in [0.1, 0.15) is 5.75 Å². The molecule has 0 saturated carbocycles. The van der Waals surface area contributed by atoms with Crippen LogP contribution in [0.25, 0.3) is 0 Å². The Morgan fingerprint density at radius 3 is 2.52 bits per heavy atom. The Balaban J connectivity index is 1.66. The summed E-state index contributed by atoms with van der Waals surface area (Å²) in [6, 6.07) is 16.4. The van der Waals surface area contributed by atoms with E-state index >= 15 is 0 Å².